The molecule has 1 aliphatic heterocycles. The quantitative estimate of drug-likeness (QED) is 0.583. The topological polar surface area (TPSA) is 56.2 Å². The summed E-state index contributed by atoms with van der Waals surface area (Å²) in [6, 6.07) is 14.1. The smallest absolute Gasteiger partial charge is 0.206 e. The molecule has 0 fully saturated rings. The zero-order chi connectivity index (χ0) is 20.4. The highest BCUT2D eigenvalue weighted by Crippen LogP contribution is 2.39. The second-order valence-electron chi connectivity index (χ2n) is 6.73. The molecule has 0 unspecified atom stereocenters. The Morgan fingerprint density at radius 2 is 1.72 bits per heavy atom. The summed E-state index contributed by atoms with van der Waals surface area (Å²) in [4.78, 5) is 4.66. The molecule has 1 atom stereocenters. The summed E-state index contributed by atoms with van der Waals surface area (Å²) >= 11 is 1.60. The fourth-order valence-electron chi connectivity index (χ4n) is 3.41. The standard InChI is InChI=1S/C22H23N3O3S/c1-14-13-29-22(23-14)25-19(15-5-8-17(26-2)9-6-15)12-18(24-25)16-7-10-20(27-3)21(11-16)28-4/h5-11,13,19H,12H2,1-4H3/t19-/m1/s1. The number of hydrogen-bond acceptors (Lipinski definition) is 7. The van der Waals surface area contributed by atoms with Crippen LogP contribution in [0.15, 0.2) is 52.9 Å². The average Bonchev–Trinajstić information content (AvgIpc) is 3.39. The van der Waals surface area contributed by atoms with E-state index in [4.69, 9.17) is 19.3 Å². The molecule has 0 saturated heterocycles. The molecule has 7 heteroatoms. The highest BCUT2D eigenvalue weighted by molar-refractivity contribution is 7.13. The molecular formula is C22H23N3O3S. The number of aryl methyl sites for hydroxylation is 1. The molecule has 3 aromatic rings. The number of nitrogens with zero attached hydrogens (tertiary/aromatic N) is 3. The molecule has 4 rings (SSSR count). The summed E-state index contributed by atoms with van der Waals surface area (Å²) in [5.74, 6) is 2.23. The van der Waals surface area contributed by atoms with Gasteiger partial charge in [0.2, 0.25) is 5.13 Å². The monoisotopic (exact) mass is 409 g/mol. The maximum Gasteiger partial charge on any atom is 0.206 e. The summed E-state index contributed by atoms with van der Waals surface area (Å²) in [7, 11) is 4.95. The fourth-order valence-corrected chi connectivity index (χ4v) is 4.21. The largest absolute Gasteiger partial charge is 0.497 e. The molecule has 0 aliphatic carbocycles. The van der Waals surface area contributed by atoms with Crippen LogP contribution in [-0.4, -0.2) is 32.0 Å². The second kappa shape index (κ2) is 8.13. The van der Waals surface area contributed by atoms with Crippen LogP contribution in [0.2, 0.25) is 0 Å². The van der Waals surface area contributed by atoms with Crippen molar-refractivity contribution in [2.45, 2.75) is 19.4 Å². The number of aromatic nitrogens is 1. The molecule has 0 amide bonds. The molecule has 2 aromatic carbocycles. The van der Waals surface area contributed by atoms with Gasteiger partial charge in [-0.15, -0.1) is 11.3 Å². The van der Waals surface area contributed by atoms with E-state index in [1.165, 1.54) is 0 Å². The number of thiazole rings is 1. The normalized spacial score (nSPS) is 15.9. The van der Waals surface area contributed by atoms with Crippen LogP contribution in [0.3, 0.4) is 0 Å². The molecule has 0 radical (unpaired) electrons. The van der Waals surface area contributed by atoms with E-state index >= 15 is 0 Å². The van der Waals surface area contributed by atoms with Crippen molar-refractivity contribution < 1.29 is 14.2 Å². The summed E-state index contributed by atoms with van der Waals surface area (Å²) in [6.45, 7) is 2.00. The van der Waals surface area contributed by atoms with Crippen molar-refractivity contribution in [3.8, 4) is 17.2 Å². The number of benzene rings is 2. The Balaban J connectivity index is 1.72. The van der Waals surface area contributed by atoms with Crippen molar-refractivity contribution in [2.75, 3.05) is 26.3 Å². The number of hydrogen-bond donors (Lipinski definition) is 0. The Labute approximate surface area is 174 Å². The Morgan fingerprint density at radius 1 is 0.966 bits per heavy atom. The van der Waals surface area contributed by atoms with Crippen LogP contribution in [0.1, 0.15) is 29.3 Å². The van der Waals surface area contributed by atoms with Crippen LogP contribution in [0.4, 0.5) is 5.13 Å². The predicted molar refractivity (Wildman–Crippen MR) is 116 cm³/mol. The highest BCUT2D eigenvalue weighted by Gasteiger charge is 2.32. The highest BCUT2D eigenvalue weighted by atomic mass is 32.1. The van der Waals surface area contributed by atoms with Gasteiger partial charge in [0.1, 0.15) is 5.75 Å². The van der Waals surface area contributed by atoms with Gasteiger partial charge in [-0.3, -0.25) is 0 Å². The molecule has 6 nitrogen and oxygen atoms in total. The van der Waals surface area contributed by atoms with Gasteiger partial charge in [-0.25, -0.2) is 9.99 Å². The first-order chi connectivity index (χ1) is 14.1. The van der Waals surface area contributed by atoms with Gasteiger partial charge < -0.3 is 14.2 Å². The van der Waals surface area contributed by atoms with Crippen molar-refractivity contribution in [3.05, 3.63) is 64.7 Å². The molecule has 29 heavy (non-hydrogen) atoms. The molecule has 0 saturated carbocycles. The molecular weight excluding hydrogens is 386 g/mol. The van der Waals surface area contributed by atoms with E-state index in [1.54, 1.807) is 32.7 Å². The summed E-state index contributed by atoms with van der Waals surface area (Å²) in [6.07, 6.45) is 0.764. The molecule has 0 spiro atoms. The van der Waals surface area contributed by atoms with Crippen LogP contribution in [-0.2, 0) is 0 Å². The van der Waals surface area contributed by atoms with Gasteiger partial charge in [-0.2, -0.15) is 5.10 Å². The average molecular weight is 410 g/mol. The van der Waals surface area contributed by atoms with E-state index in [0.29, 0.717) is 11.5 Å². The van der Waals surface area contributed by atoms with E-state index in [9.17, 15) is 0 Å². The molecule has 0 bridgehead atoms. The number of ether oxygens (including phenoxy) is 3. The third-order valence-corrected chi connectivity index (χ3v) is 5.88. The molecule has 150 valence electrons. The summed E-state index contributed by atoms with van der Waals surface area (Å²) < 4.78 is 16.1. The Hall–Kier alpha value is -3.06. The predicted octanol–water partition coefficient (Wildman–Crippen LogP) is 4.83. The summed E-state index contributed by atoms with van der Waals surface area (Å²) in [5, 5.41) is 9.90. The lowest BCUT2D eigenvalue weighted by molar-refractivity contribution is 0.355. The molecule has 2 heterocycles. The van der Waals surface area contributed by atoms with E-state index in [0.717, 1.165) is 39.8 Å². The van der Waals surface area contributed by atoms with E-state index < -0.39 is 0 Å². The van der Waals surface area contributed by atoms with Crippen LogP contribution < -0.4 is 19.2 Å². The number of anilines is 1. The van der Waals surface area contributed by atoms with Crippen LogP contribution in [0.25, 0.3) is 0 Å². The van der Waals surface area contributed by atoms with Crippen molar-refractivity contribution in [1.82, 2.24) is 4.98 Å². The Morgan fingerprint density at radius 3 is 2.34 bits per heavy atom. The van der Waals surface area contributed by atoms with Crippen LogP contribution in [0.5, 0.6) is 17.2 Å². The minimum atomic E-state index is 0.0644. The summed E-state index contributed by atoms with van der Waals surface area (Å²) in [5.41, 5.74) is 4.16. The van der Waals surface area contributed by atoms with E-state index in [1.807, 2.05) is 47.6 Å². The zero-order valence-corrected chi connectivity index (χ0v) is 17.7. The van der Waals surface area contributed by atoms with Gasteiger partial charge >= 0.3 is 0 Å². The Kier molecular flexibility index (Phi) is 5.40. The number of rotatable bonds is 6. The third kappa shape index (κ3) is 3.78. The first kappa shape index (κ1) is 19.3. The van der Waals surface area contributed by atoms with Crippen molar-refractivity contribution >= 4 is 22.2 Å². The van der Waals surface area contributed by atoms with E-state index in [-0.39, 0.29) is 6.04 Å². The molecule has 1 aromatic heterocycles. The fraction of sp³-hybridized carbons (Fsp3) is 0.273. The lowest BCUT2D eigenvalue weighted by atomic mass is 9.98. The lowest BCUT2D eigenvalue weighted by Crippen LogP contribution is -2.18. The number of hydrazone groups is 1. The minimum Gasteiger partial charge on any atom is -0.497 e. The maximum atomic E-state index is 5.47. The van der Waals surface area contributed by atoms with Crippen LogP contribution in [0, 0.1) is 6.92 Å². The second-order valence-corrected chi connectivity index (χ2v) is 7.56. The van der Waals surface area contributed by atoms with Gasteiger partial charge in [-0.1, -0.05) is 12.1 Å². The SMILES string of the molecule is COc1ccc([C@H]2CC(c3ccc(OC)c(OC)c3)=NN2c2nc(C)cs2)cc1. The zero-order valence-electron chi connectivity index (χ0n) is 16.9. The first-order valence-electron chi connectivity index (χ1n) is 9.28. The minimum absolute atomic E-state index is 0.0644. The maximum absolute atomic E-state index is 5.47. The van der Waals surface area contributed by atoms with Gasteiger partial charge in [0.25, 0.3) is 0 Å². The molecule has 1 aliphatic rings. The van der Waals surface area contributed by atoms with Gasteiger partial charge in [0.05, 0.1) is 38.8 Å². The van der Waals surface area contributed by atoms with Gasteiger partial charge in [0.15, 0.2) is 11.5 Å². The van der Waals surface area contributed by atoms with E-state index in [2.05, 4.69) is 17.1 Å². The number of methoxy groups -OCH3 is 3. The van der Waals surface area contributed by atoms with Gasteiger partial charge in [-0.05, 0) is 42.8 Å². The van der Waals surface area contributed by atoms with Crippen LogP contribution >= 0.6 is 11.3 Å². The molecule has 0 N–H and O–H groups in total. The van der Waals surface area contributed by atoms with Crippen molar-refractivity contribution in [1.29, 1.82) is 0 Å². The lowest BCUT2D eigenvalue weighted by Gasteiger charge is -2.21. The van der Waals surface area contributed by atoms with Crippen molar-refractivity contribution in [3.63, 3.8) is 0 Å². The van der Waals surface area contributed by atoms with Gasteiger partial charge in [0, 0.05) is 17.4 Å². The first-order valence-corrected chi connectivity index (χ1v) is 10.2. The third-order valence-electron chi connectivity index (χ3n) is 4.93. The Bertz CT molecular complexity index is 1030. The van der Waals surface area contributed by atoms with Crippen molar-refractivity contribution in [2.24, 2.45) is 5.10 Å².